The van der Waals surface area contributed by atoms with Gasteiger partial charge in [-0.15, -0.1) is 0 Å². The first-order chi connectivity index (χ1) is 11.6. The van der Waals surface area contributed by atoms with Gasteiger partial charge in [0.2, 0.25) is 6.61 Å². The van der Waals surface area contributed by atoms with Crippen LogP contribution in [0.4, 0.5) is 0 Å². The molecule has 0 aromatic heterocycles. The minimum absolute atomic E-state index is 0.0328. The summed E-state index contributed by atoms with van der Waals surface area (Å²) in [5.41, 5.74) is 0.851. The summed E-state index contributed by atoms with van der Waals surface area (Å²) < 4.78 is 0. The number of oxime groups is 1. The molecule has 0 radical (unpaired) electrons. The highest BCUT2D eigenvalue weighted by Crippen LogP contribution is 2.48. The van der Waals surface area contributed by atoms with E-state index in [1.165, 1.54) is 19.3 Å². The van der Waals surface area contributed by atoms with Crippen molar-refractivity contribution in [3.05, 3.63) is 12.2 Å². The van der Waals surface area contributed by atoms with Gasteiger partial charge in [0.15, 0.2) is 0 Å². The number of aliphatic hydroxyl groups is 2. The SMILES string of the molecule is O=C(O)CON=C1C[C@H]2C(O)C(C=CC(O)C3CCCCC3)C[C@H]12. The molecule has 3 unspecified atom stereocenters. The third-order valence-electron chi connectivity index (χ3n) is 5.85. The lowest BCUT2D eigenvalue weighted by molar-refractivity contribution is -0.142. The molecule has 0 amide bonds. The first kappa shape index (κ1) is 17.4. The molecule has 0 aromatic carbocycles. The zero-order valence-electron chi connectivity index (χ0n) is 13.9. The van der Waals surface area contributed by atoms with Crippen molar-refractivity contribution in [1.29, 1.82) is 0 Å². The highest BCUT2D eigenvalue weighted by atomic mass is 16.6. The quantitative estimate of drug-likeness (QED) is 0.508. The summed E-state index contributed by atoms with van der Waals surface area (Å²) in [7, 11) is 0. The zero-order chi connectivity index (χ0) is 17.1. The van der Waals surface area contributed by atoms with Gasteiger partial charge in [-0.1, -0.05) is 36.6 Å². The van der Waals surface area contributed by atoms with Crippen LogP contribution in [0.15, 0.2) is 17.3 Å². The number of hydrogen-bond acceptors (Lipinski definition) is 5. The lowest BCUT2D eigenvalue weighted by Gasteiger charge is -2.33. The third kappa shape index (κ3) is 3.81. The van der Waals surface area contributed by atoms with Crippen LogP contribution in [0.2, 0.25) is 0 Å². The fourth-order valence-corrected chi connectivity index (χ4v) is 4.40. The Hall–Kier alpha value is -1.40. The molecule has 3 rings (SSSR count). The minimum atomic E-state index is -1.04. The van der Waals surface area contributed by atoms with Crippen LogP contribution >= 0.6 is 0 Å². The van der Waals surface area contributed by atoms with E-state index in [0.717, 1.165) is 25.0 Å². The molecule has 0 aromatic rings. The van der Waals surface area contributed by atoms with Crippen LogP contribution in [-0.2, 0) is 9.63 Å². The molecule has 3 aliphatic carbocycles. The molecular weight excluding hydrogens is 310 g/mol. The van der Waals surface area contributed by atoms with Crippen LogP contribution < -0.4 is 0 Å². The van der Waals surface area contributed by atoms with Crippen molar-refractivity contribution >= 4 is 11.7 Å². The van der Waals surface area contributed by atoms with E-state index < -0.39 is 24.8 Å². The van der Waals surface area contributed by atoms with E-state index in [-0.39, 0.29) is 17.8 Å². The maximum absolute atomic E-state index is 10.4. The Morgan fingerprint density at radius 3 is 2.79 bits per heavy atom. The molecule has 24 heavy (non-hydrogen) atoms. The number of nitrogens with zero attached hydrogens (tertiary/aromatic N) is 1. The number of carbonyl (C=O) groups is 1. The van der Waals surface area contributed by atoms with Gasteiger partial charge in [-0.25, -0.2) is 4.79 Å². The molecule has 134 valence electrons. The molecule has 5 atom stereocenters. The number of carboxylic acids is 1. The van der Waals surface area contributed by atoms with Crippen molar-refractivity contribution in [3.8, 4) is 0 Å². The molecule has 0 spiro atoms. The summed E-state index contributed by atoms with van der Waals surface area (Å²) in [6.07, 6.45) is 10.3. The molecule has 0 aliphatic heterocycles. The highest BCUT2D eigenvalue weighted by molar-refractivity contribution is 5.93. The summed E-state index contributed by atoms with van der Waals surface area (Å²) in [6, 6.07) is 0. The second kappa shape index (κ2) is 7.66. The monoisotopic (exact) mass is 337 g/mol. The molecule has 0 bridgehead atoms. The Labute approximate surface area is 142 Å². The predicted octanol–water partition coefficient (Wildman–Crippen LogP) is 1.96. The fourth-order valence-electron chi connectivity index (χ4n) is 4.40. The summed E-state index contributed by atoms with van der Waals surface area (Å²) in [6.45, 7) is -0.430. The van der Waals surface area contributed by atoms with Crippen molar-refractivity contribution in [3.63, 3.8) is 0 Å². The topological polar surface area (TPSA) is 99.4 Å². The molecule has 3 N–H and O–H groups in total. The van der Waals surface area contributed by atoms with Gasteiger partial charge >= 0.3 is 5.97 Å². The van der Waals surface area contributed by atoms with Crippen LogP contribution in [0.25, 0.3) is 0 Å². The van der Waals surface area contributed by atoms with Crippen molar-refractivity contribution in [1.82, 2.24) is 0 Å². The van der Waals surface area contributed by atoms with Crippen molar-refractivity contribution in [2.24, 2.45) is 28.8 Å². The summed E-state index contributed by atoms with van der Waals surface area (Å²) in [4.78, 5) is 15.2. The van der Waals surface area contributed by atoms with Crippen LogP contribution in [0.1, 0.15) is 44.9 Å². The standard InChI is InChI=1S/C18H27NO5/c20-16(11-4-2-1-3-5-11)7-6-12-8-13-14(18(12)23)9-15(13)19-24-10-17(21)22/h6-7,11-14,16,18,20,23H,1-5,8-10H2,(H,21,22)/t12?,13-,14+,16?,18?/m0/s1. The third-order valence-corrected chi connectivity index (χ3v) is 5.85. The largest absolute Gasteiger partial charge is 0.479 e. The molecular formula is C18H27NO5. The van der Waals surface area contributed by atoms with Crippen molar-refractivity contribution < 1.29 is 25.0 Å². The predicted molar refractivity (Wildman–Crippen MR) is 88.5 cm³/mol. The van der Waals surface area contributed by atoms with E-state index in [4.69, 9.17) is 9.94 Å². The smallest absolute Gasteiger partial charge is 0.344 e. The number of rotatable bonds is 6. The molecule has 6 nitrogen and oxygen atoms in total. The van der Waals surface area contributed by atoms with Gasteiger partial charge in [0.1, 0.15) is 0 Å². The Balaban J connectivity index is 1.51. The second-order valence-corrected chi connectivity index (χ2v) is 7.39. The first-order valence-electron chi connectivity index (χ1n) is 9.01. The van der Waals surface area contributed by atoms with Crippen molar-refractivity contribution in [2.45, 2.75) is 57.2 Å². The minimum Gasteiger partial charge on any atom is -0.479 e. The van der Waals surface area contributed by atoms with E-state index in [1.54, 1.807) is 0 Å². The summed E-state index contributed by atoms with van der Waals surface area (Å²) >= 11 is 0. The maximum Gasteiger partial charge on any atom is 0.344 e. The Morgan fingerprint density at radius 2 is 2.08 bits per heavy atom. The lowest BCUT2D eigenvalue weighted by atomic mass is 9.73. The Kier molecular flexibility index (Phi) is 5.56. The lowest BCUT2D eigenvalue weighted by Crippen LogP contribution is -2.38. The van der Waals surface area contributed by atoms with E-state index in [1.807, 2.05) is 12.2 Å². The van der Waals surface area contributed by atoms with Crippen LogP contribution in [0.3, 0.4) is 0 Å². The molecule has 3 saturated carbocycles. The maximum atomic E-state index is 10.4. The molecule has 3 fully saturated rings. The zero-order valence-corrected chi connectivity index (χ0v) is 13.9. The van der Waals surface area contributed by atoms with Crippen LogP contribution in [-0.4, -0.2) is 45.8 Å². The number of fused-ring (bicyclic) bond motifs is 1. The van der Waals surface area contributed by atoms with E-state index >= 15 is 0 Å². The van der Waals surface area contributed by atoms with E-state index in [2.05, 4.69) is 5.16 Å². The summed E-state index contributed by atoms with van der Waals surface area (Å²) in [5.74, 6) is -0.301. The van der Waals surface area contributed by atoms with Gasteiger partial charge in [-0.3, -0.25) is 0 Å². The van der Waals surface area contributed by atoms with Gasteiger partial charge in [0.05, 0.1) is 17.9 Å². The van der Waals surface area contributed by atoms with Gasteiger partial charge in [-0.2, -0.15) is 0 Å². The number of aliphatic hydroxyl groups excluding tert-OH is 2. The van der Waals surface area contributed by atoms with Crippen LogP contribution in [0.5, 0.6) is 0 Å². The van der Waals surface area contributed by atoms with E-state index in [9.17, 15) is 15.0 Å². The normalized spacial score (nSPS) is 36.5. The second-order valence-electron chi connectivity index (χ2n) is 7.39. The highest BCUT2D eigenvalue weighted by Gasteiger charge is 2.51. The Morgan fingerprint density at radius 1 is 1.33 bits per heavy atom. The summed E-state index contributed by atoms with van der Waals surface area (Å²) in [5, 5.41) is 33.2. The number of aliphatic carboxylic acids is 1. The Bertz CT molecular complexity index is 512. The van der Waals surface area contributed by atoms with E-state index in [0.29, 0.717) is 12.3 Å². The van der Waals surface area contributed by atoms with Gasteiger partial charge < -0.3 is 20.2 Å². The fraction of sp³-hybridized carbons (Fsp3) is 0.778. The first-order valence-corrected chi connectivity index (χ1v) is 9.01. The average Bonchev–Trinajstić information content (AvgIpc) is 2.81. The average molecular weight is 337 g/mol. The number of hydrogen-bond donors (Lipinski definition) is 3. The van der Waals surface area contributed by atoms with Gasteiger partial charge in [0, 0.05) is 11.8 Å². The van der Waals surface area contributed by atoms with Crippen LogP contribution in [0, 0.1) is 23.7 Å². The molecule has 0 saturated heterocycles. The molecule has 3 aliphatic rings. The molecule has 0 heterocycles. The van der Waals surface area contributed by atoms with Gasteiger partial charge in [0.25, 0.3) is 0 Å². The molecule has 6 heteroatoms. The number of carboxylic acid groups (broad SMARTS) is 1. The van der Waals surface area contributed by atoms with Gasteiger partial charge in [-0.05, 0) is 37.5 Å². The van der Waals surface area contributed by atoms with Crippen molar-refractivity contribution in [2.75, 3.05) is 6.61 Å².